The number of hydrogen-bond acceptors (Lipinski definition) is 4. The lowest BCUT2D eigenvalue weighted by atomic mass is 10.1. The summed E-state index contributed by atoms with van der Waals surface area (Å²) < 4.78 is 9.96. The summed E-state index contributed by atoms with van der Waals surface area (Å²) in [6.07, 6.45) is 0.581. The molecule has 0 bridgehead atoms. The molecule has 0 spiro atoms. The maximum atomic E-state index is 11.4. The fraction of sp³-hybridized carbons (Fsp3) is 0.286. The van der Waals surface area contributed by atoms with Gasteiger partial charge in [0.05, 0.1) is 6.61 Å². The van der Waals surface area contributed by atoms with E-state index in [0.29, 0.717) is 17.9 Å². The van der Waals surface area contributed by atoms with Crippen molar-refractivity contribution < 1.29 is 24.2 Å². The number of hydrogen-bond donors (Lipinski definition) is 2. The van der Waals surface area contributed by atoms with E-state index in [4.69, 9.17) is 14.6 Å². The van der Waals surface area contributed by atoms with Gasteiger partial charge in [-0.15, -0.1) is 0 Å². The summed E-state index contributed by atoms with van der Waals surface area (Å²) in [4.78, 5) is 22.6. The van der Waals surface area contributed by atoms with Crippen LogP contribution in [-0.4, -0.2) is 30.4 Å². The molecule has 1 aromatic carbocycles. The number of nitrogens with one attached hydrogen (secondary N) is 1. The Bertz CT molecular complexity index is 469. The molecule has 0 radical (unpaired) electrons. The van der Waals surface area contributed by atoms with Crippen molar-refractivity contribution in [3.8, 4) is 5.75 Å². The monoisotopic (exact) mass is 279 g/mol. The third-order valence-corrected chi connectivity index (χ3v) is 2.37. The zero-order chi connectivity index (χ0) is 15.0. The zero-order valence-electron chi connectivity index (χ0n) is 11.2. The van der Waals surface area contributed by atoms with Crippen LogP contribution in [0.1, 0.15) is 18.5 Å². The van der Waals surface area contributed by atoms with Crippen LogP contribution in [0, 0.1) is 0 Å². The van der Waals surface area contributed by atoms with E-state index in [1.165, 1.54) is 6.08 Å². The molecular weight excluding hydrogens is 262 g/mol. The molecule has 1 atom stereocenters. The molecule has 1 aromatic rings. The minimum atomic E-state index is -1.18. The first kappa shape index (κ1) is 15.6. The first-order valence-corrected chi connectivity index (χ1v) is 6.08. The smallest absolute Gasteiger partial charge is 0.408 e. The SMILES string of the molecule is C=CCOC(=O)NC(C(=O)O)c1ccc(OCC)cc1. The first-order valence-electron chi connectivity index (χ1n) is 6.08. The summed E-state index contributed by atoms with van der Waals surface area (Å²) in [6, 6.07) is 5.27. The second-order valence-electron chi connectivity index (χ2n) is 3.80. The Kier molecular flexibility index (Phi) is 6.09. The number of carboxylic acids is 1. The number of carboxylic acid groups (broad SMARTS) is 1. The van der Waals surface area contributed by atoms with E-state index in [-0.39, 0.29) is 6.61 Å². The van der Waals surface area contributed by atoms with Crippen LogP contribution in [-0.2, 0) is 9.53 Å². The lowest BCUT2D eigenvalue weighted by molar-refractivity contribution is -0.139. The summed E-state index contributed by atoms with van der Waals surface area (Å²) >= 11 is 0. The molecule has 0 aliphatic rings. The third-order valence-electron chi connectivity index (χ3n) is 2.37. The van der Waals surface area contributed by atoms with Gasteiger partial charge < -0.3 is 19.9 Å². The van der Waals surface area contributed by atoms with Gasteiger partial charge in [0, 0.05) is 0 Å². The van der Waals surface area contributed by atoms with Crippen LogP contribution >= 0.6 is 0 Å². The van der Waals surface area contributed by atoms with Crippen molar-refractivity contribution >= 4 is 12.1 Å². The molecule has 6 heteroatoms. The summed E-state index contributed by atoms with van der Waals surface area (Å²) in [7, 11) is 0. The highest BCUT2D eigenvalue weighted by Gasteiger charge is 2.22. The number of carbonyl (C=O) groups is 2. The van der Waals surface area contributed by atoms with Crippen LogP contribution < -0.4 is 10.1 Å². The summed E-state index contributed by atoms with van der Waals surface area (Å²) in [5.41, 5.74) is 0.427. The minimum absolute atomic E-state index is 0.0153. The van der Waals surface area contributed by atoms with Crippen molar-refractivity contribution in [1.82, 2.24) is 5.32 Å². The van der Waals surface area contributed by atoms with Gasteiger partial charge in [-0.05, 0) is 24.6 Å². The Morgan fingerprint density at radius 1 is 1.40 bits per heavy atom. The predicted molar refractivity (Wildman–Crippen MR) is 72.7 cm³/mol. The lowest BCUT2D eigenvalue weighted by Crippen LogP contribution is -2.34. The van der Waals surface area contributed by atoms with Gasteiger partial charge in [-0.3, -0.25) is 0 Å². The highest BCUT2D eigenvalue weighted by molar-refractivity contribution is 5.81. The maximum absolute atomic E-state index is 11.4. The van der Waals surface area contributed by atoms with E-state index in [2.05, 4.69) is 11.9 Å². The number of amides is 1. The lowest BCUT2D eigenvalue weighted by Gasteiger charge is -2.15. The molecule has 6 nitrogen and oxygen atoms in total. The Labute approximate surface area is 117 Å². The van der Waals surface area contributed by atoms with Crippen molar-refractivity contribution in [2.24, 2.45) is 0 Å². The molecule has 1 unspecified atom stereocenters. The molecule has 0 aliphatic carbocycles. The van der Waals surface area contributed by atoms with Gasteiger partial charge >= 0.3 is 12.1 Å². The molecule has 0 fully saturated rings. The van der Waals surface area contributed by atoms with Gasteiger partial charge in [-0.2, -0.15) is 0 Å². The first-order chi connectivity index (χ1) is 9.58. The van der Waals surface area contributed by atoms with Crippen LogP contribution in [0.5, 0.6) is 5.75 Å². The van der Waals surface area contributed by atoms with Gasteiger partial charge in [-0.25, -0.2) is 9.59 Å². The van der Waals surface area contributed by atoms with Crippen molar-refractivity contribution in [2.75, 3.05) is 13.2 Å². The van der Waals surface area contributed by atoms with Gasteiger partial charge in [0.1, 0.15) is 12.4 Å². The average molecular weight is 279 g/mol. The Balaban J connectivity index is 2.77. The third kappa shape index (κ3) is 4.64. The summed E-state index contributed by atoms with van der Waals surface area (Å²) in [5, 5.41) is 11.4. The molecule has 1 rings (SSSR count). The highest BCUT2D eigenvalue weighted by atomic mass is 16.5. The van der Waals surface area contributed by atoms with E-state index in [0.717, 1.165) is 0 Å². The van der Waals surface area contributed by atoms with E-state index < -0.39 is 18.1 Å². The largest absolute Gasteiger partial charge is 0.494 e. The molecule has 108 valence electrons. The zero-order valence-corrected chi connectivity index (χ0v) is 11.2. The molecule has 1 amide bonds. The minimum Gasteiger partial charge on any atom is -0.494 e. The number of alkyl carbamates (subject to hydrolysis) is 1. The number of ether oxygens (including phenoxy) is 2. The summed E-state index contributed by atoms with van der Waals surface area (Å²) in [6.45, 7) is 5.79. The van der Waals surface area contributed by atoms with Crippen LogP contribution in [0.2, 0.25) is 0 Å². The van der Waals surface area contributed by atoms with Crippen LogP contribution in [0.15, 0.2) is 36.9 Å². The maximum Gasteiger partial charge on any atom is 0.408 e. The Morgan fingerprint density at radius 2 is 2.05 bits per heavy atom. The van der Waals surface area contributed by atoms with Crippen LogP contribution in [0.4, 0.5) is 4.79 Å². The normalized spacial score (nSPS) is 11.2. The number of benzene rings is 1. The fourth-order valence-electron chi connectivity index (χ4n) is 1.50. The van der Waals surface area contributed by atoms with E-state index in [9.17, 15) is 9.59 Å². The van der Waals surface area contributed by atoms with Crippen LogP contribution in [0.3, 0.4) is 0 Å². The van der Waals surface area contributed by atoms with Crippen molar-refractivity contribution in [3.63, 3.8) is 0 Å². The predicted octanol–water partition coefficient (Wildman–Crippen LogP) is 2.12. The van der Waals surface area contributed by atoms with E-state index >= 15 is 0 Å². The van der Waals surface area contributed by atoms with E-state index in [1.54, 1.807) is 24.3 Å². The highest BCUT2D eigenvalue weighted by Crippen LogP contribution is 2.18. The number of aliphatic carboxylic acids is 1. The van der Waals surface area contributed by atoms with Crippen molar-refractivity contribution in [3.05, 3.63) is 42.5 Å². The molecular formula is C14H17NO5. The Hall–Kier alpha value is -2.50. The summed E-state index contributed by atoms with van der Waals surface area (Å²) in [5.74, 6) is -0.542. The molecule has 2 N–H and O–H groups in total. The number of rotatable bonds is 7. The van der Waals surface area contributed by atoms with Gasteiger partial charge in [-0.1, -0.05) is 24.8 Å². The Morgan fingerprint density at radius 3 is 2.55 bits per heavy atom. The van der Waals surface area contributed by atoms with Crippen molar-refractivity contribution in [1.29, 1.82) is 0 Å². The van der Waals surface area contributed by atoms with Gasteiger partial charge in [0.15, 0.2) is 6.04 Å². The average Bonchev–Trinajstić information content (AvgIpc) is 2.43. The standard InChI is InChI=1S/C14H17NO5/c1-3-9-20-14(18)15-12(13(16)17)10-5-7-11(8-6-10)19-4-2/h3,5-8,12H,1,4,9H2,2H3,(H,15,18)(H,16,17). The molecule has 0 saturated carbocycles. The van der Waals surface area contributed by atoms with Gasteiger partial charge in [0.25, 0.3) is 0 Å². The molecule has 20 heavy (non-hydrogen) atoms. The second kappa shape index (κ2) is 7.83. The molecule has 0 saturated heterocycles. The second-order valence-corrected chi connectivity index (χ2v) is 3.80. The quantitative estimate of drug-likeness (QED) is 0.747. The van der Waals surface area contributed by atoms with E-state index in [1.807, 2.05) is 6.92 Å². The molecule has 0 aromatic heterocycles. The van der Waals surface area contributed by atoms with Crippen LogP contribution in [0.25, 0.3) is 0 Å². The molecule has 0 heterocycles. The van der Waals surface area contributed by atoms with Gasteiger partial charge in [0.2, 0.25) is 0 Å². The topological polar surface area (TPSA) is 84.9 Å². The van der Waals surface area contributed by atoms with Crippen molar-refractivity contribution in [2.45, 2.75) is 13.0 Å². The number of carbonyl (C=O) groups excluding carboxylic acids is 1. The molecule has 0 aliphatic heterocycles. The fourth-order valence-corrected chi connectivity index (χ4v) is 1.50.